The van der Waals surface area contributed by atoms with Gasteiger partial charge in [-0.25, -0.2) is 0 Å². The molecule has 6 nitrogen and oxygen atoms in total. The minimum absolute atomic E-state index is 0.0847. The van der Waals surface area contributed by atoms with E-state index < -0.39 is 0 Å². The number of likely N-dealkylation sites (N-methyl/N-ethyl adjacent to an activating group) is 2. The fourth-order valence-corrected chi connectivity index (χ4v) is 3.98. The number of hydrogen-bond donors (Lipinski definition) is 0. The van der Waals surface area contributed by atoms with Crippen molar-refractivity contribution in [2.75, 3.05) is 33.7 Å². The Kier molecular flexibility index (Phi) is 6.08. The Labute approximate surface area is 167 Å². The number of imide groups is 1. The summed E-state index contributed by atoms with van der Waals surface area (Å²) in [6, 6.07) is 7.74. The summed E-state index contributed by atoms with van der Waals surface area (Å²) in [6.07, 6.45) is 2.05. The molecule has 0 spiro atoms. The monoisotopic (exact) mass is 385 g/mol. The number of likely N-dealkylation sites (tertiary alicyclic amines) is 1. The number of piperidine rings is 1. The molecule has 0 radical (unpaired) electrons. The molecule has 0 N–H and O–H groups in total. The third kappa shape index (κ3) is 3.92. The van der Waals surface area contributed by atoms with Crippen molar-refractivity contribution in [3.05, 3.63) is 35.5 Å². The average Bonchev–Trinajstić information content (AvgIpc) is 2.91. The van der Waals surface area contributed by atoms with Gasteiger partial charge in [-0.1, -0.05) is 12.1 Å². The van der Waals surface area contributed by atoms with Gasteiger partial charge >= 0.3 is 0 Å². The molecule has 0 aromatic heterocycles. The number of amides is 2. The minimum atomic E-state index is -0.209. The minimum Gasteiger partial charge on any atom is -0.491 e. The lowest BCUT2D eigenvalue weighted by Gasteiger charge is -2.36. The van der Waals surface area contributed by atoms with Gasteiger partial charge in [0, 0.05) is 19.6 Å². The van der Waals surface area contributed by atoms with Crippen LogP contribution in [0.15, 0.2) is 30.0 Å². The van der Waals surface area contributed by atoms with Crippen LogP contribution in [0.1, 0.15) is 39.2 Å². The zero-order chi connectivity index (χ0) is 20.4. The molecule has 0 bridgehead atoms. The topological polar surface area (TPSA) is 53.1 Å². The molecule has 0 saturated carbocycles. The summed E-state index contributed by atoms with van der Waals surface area (Å²) in [7, 11) is 4.07. The van der Waals surface area contributed by atoms with Crippen molar-refractivity contribution < 1.29 is 14.3 Å². The third-order valence-corrected chi connectivity index (χ3v) is 5.56. The number of benzene rings is 1. The Balaban J connectivity index is 1.96. The molecule has 1 aromatic carbocycles. The molecular formula is C22H31N3O3. The van der Waals surface area contributed by atoms with Gasteiger partial charge in [-0.2, -0.15) is 0 Å². The van der Waals surface area contributed by atoms with Crippen LogP contribution >= 0.6 is 0 Å². The molecule has 1 fully saturated rings. The molecule has 2 heterocycles. The third-order valence-electron chi connectivity index (χ3n) is 5.56. The van der Waals surface area contributed by atoms with Crippen LogP contribution in [0.5, 0.6) is 5.75 Å². The molecule has 3 rings (SSSR count). The number of carbonyl (C=O) groups is 2. The summed E-state index contributed by atoms with van der Waals surface area (Å²) in [5.41, 5.74) is 1.79. The van der Waals surface area contributed by atoms with Crippen LogP contribution in [0, 0.1) is 0 Å². The lowest BCUT2D eigenvalue weighted by atomic mass is 10.00. The second-order valence-electron chi connectivity index (χ2n) is 7.91. The number of ether oxygens (including phenoxy) is 1. The van der Waals surface area contributed by atoms with Gasteiger partial charge in [-0.3, -0.25) is 14.5 Å². The Morgan fingerprint density at radius 1 is 1.11 bits per heavy atom. The molecule has 0 atom stereocenters. The van der Waals surface area contributed by atoms with Crippen LogP contribution in [0.4, 0.5) is 0 Å². The lowest BCUT2D eigenvalue weighted by molar-refractivity contribution is -0.137. The summed E-state index contributed by atoms with van der Waals surface area (Å²) in [4.78, 5) is 31.8. The summed E-state index contributed by atoms with van der Waals surface area (Å²) in [5.74, 6) is 0.361. The van der Waals surface area contributed by atoms with Crippen LogP contribution in [0.25, 0.3) is 5.57 Å². The van der Waals surface area contributed by atoms with Crippen molar-refractivity contribution in [1.29, 1.82) is 0 Å². The fourth-order valence-electron chi connectivity index (χ4n) is 3.98. The predicted molar refractivity (Wildman–Crippen MR) is 110 cm³/mol. The van der Waals surface area contributed by atoms with E-state index in [-0.39, 0.29) is 24.0 Å². The van der Waals surface area contributed by atoms with Crippen LogP contribution < -0.4 is 4.74 Å². The van der Waals surface area contributed by atoms with Gasteiger partial charge < -0.3 is 14.5 Å². The summed E-state index contributed by atoms with van der Waals surface area (Å²) in [6.45, 7) is 8.16. The van der Waals surface area contributed by atoms with E-state index in [4.69, 9.17) is 4.74 Å². The summed E-state index contributed by atoms with van der Waals surface area (Å²) < 4.78 is 5.71. The molecular weight excluding hydrogens is 354 g/mol. The molecule has 152 valence electrons. The van der Waals surface area contributed by atoms with Gasteiger partial charge in [-0.15, -0.1) is 0 Å². The first kappa shape index (κ1) is 20.4. The molecule has 0 aliphatic carbocycles. The first-order valence-electron chi connectivity index (χ1n) is 10.1. The normalized spacial score (nSPS) is 19.1. The Hall–Kier alpha value is -2.34. The number of carbonyl (C=O) groups excluding carboxylic acids is 2. The highest BCUT2D eigenvalue weighted by atomic mass is 16.5. The van der Waals surface area contributed by atoms with Crippen molar-refractivity contribution in [2.24, 2.45) is 0 Å². The van der Waals surface area contributed by atoms with Gasteiger partial charge in [0.2, 0.25) is 0 Å². The molecule has 2 amide bonds. The largest absolute Gasteiger partial charge is 0.491 e. The Bertz CT molecular complexity index is 762. The zero-order valence-electron chi connectivity index (χ0n) is 17.6. The van der Waals surface area contributed by atoms with Crippen LogP contribution in [0.2, 0.25) is 0 Å². The number of rotatable bonds is 6. The molecule has 28 heavy (non-hydrogen) atoms. The van der Waals surface area contributed by atoms with Crippen molar-refractivity contribution in [3.8, 4) is 5.75 Å². The van der Waals surface area contributed by atoms with Crippen molar-refractivity contribution in [3.63, 3.8) is 0 Å². The van der Waals surface area contributed by atoms with Crippen molar-refractivity contribution in [1.82, 2.24) is 14.7 Å². The van der Waals surface area contributed by atoms with E-state index in [1.807, 2.05) is 57.0 Å². The van der Waals surface area contributed by atoms with Crippen LogP contribution in [0.3, 0.4) is 0 Å². The molecule has 2 aliphatic heterocycles. The smallest absolute Gasteiger partial charge is 0.277 e. The highest BCUT2D eigenvalue weighted by Gasteiger charge is 2.41. The SMILES string of the molecule is CCN1C(=O)C(c2ccc(OC(C)C)cc2)=C(N(C)C2CCN(C)CC2)C1=O. The molecule has 0 unspecified atom stereocenters. The molecule has 1 aromatic rings. The maximum absolute atomic E-state index is 13.1. The van der Waals surface area contributed by atoms with E-state index in [2.05, 4.69) is 11.9 Å². The van der Waals surface area contributed by atoms with Crippen LogP contribution in [-0.2, 0) is 9.59 Å². The van der Waals surface area contributed by atoms with Crippen LogP contribution in [-0.4, -0.2) is 72.4 Å². The van der Waals surface area contributed by atoms with E-state index >= 15 is 0 Å². The molecule has 6 heteroatoms. The molecule has 1 saturated heterocycles. The summed E-state index contributed by atoms with van der Waals surface area (Å²) in [5, 5.41) is 0. The van der Waals surface area contributed by atoms with E-state index in [9.17, 15) is 9.59 Å². The lowest BCUT2D eigenvalue weighted by Crippen LogP contribution is -2.43. The number of hydrogen-bond acceptors (Lipinski definition) is 5. The van der Waals surface area contributed by atoms with Gasteiger partial charge in [0.1, 0.15) is 11.4 Å². The highest BCUT2D eigenvalue weighted by molar-refractivity contribution is 6.35. The Morgan fingerprint density at radius 2 is 1.71 bits per heavy atom. The number of nitrogens with zero attached hydrogens (tertiary/aromatic N) is 3. The van der Waals surface area contributed by atoms with E-state index in [0.717, 1.165) is 37.2 Å². The first-order chi connectivity index (χ1) is 13.3. The summed E-state index contributed by atoms with van der Waals surface area (Å²) >= 11 is 0. The highest BCUT2D eigenvalue weighted by Crippen LogP contribution is 2.34. The second-order valence-corrected chi connectivity index (χ2v) is 7.91. The van der Waals surface area contributed by atoms with E-state index in [1.165, 1.54) is 4.90 Å². The van der Waals surface area contributed by atoms with Gasteiger partial charge in [-0.05, 0) is 71.4 Å². The maximum atomic E-state index is 13.1. The van der Waals surface area contributed by atoms with Crippen molar-refractivity contribution in [2.45, 2.75) is 45.8 Å². The zero-order valence-corrected chi connectivity index (χ0v) is 17.6. The average molecular weight is 386 g/mol. The standard InChI is InChI=1S/C22H31N3O3/c1-6-25-21(26)19(16-7-9-18(10-8-16)28-15(2)3)20(22(25)27)24(5)17-11-13-23(4)14-12-17/h7-10,15,17H,6,11-14H2,1-5H3. The van der Waals surface area contributed by atoms with E-state index in [1.54, 1.807) is 0 Å². The second kappa shape index (κ2) is 8.35. The fraction of sp³-hybridized carbons (Fsp3) is 0.545. The van der Waals surface area contributed by atoms with Gasteiger partial charge in [0.25, 0.3) is 11.8 Å². The van der Waals surface area contributed by atoms with Gasteiger partial charge in [0.05, 0.1) is 11.7 Å². The molecule has 2 aliphatic rings. The first-order valence-corrected chi connectivity index (χ1v) is 10.1. The Morgan fingerprint density at radius 3 is 2.25 bits per heavy atom. The van der Waals surface area contributed by atoms with Crippen molar-refractivity contribution >= 4 is 17.4 Å². The maximum Gasteiger partial charge on any atom is 0.277 e. The van der Waals surface area contributed by atoms with E-state index in [0.29, 0.717) is 17.8 Å². The predicted octanol–water partition coefficient (Wildman–Crippen LogP) is 2.60. The quantitative estimate of drug-likeness (QED) is 0.705. The van der Waals surface area contributed by atoms with Gasteiger partial charge in [0.15, 0.2) is 0 Å².